The molecule has 0 aliphatic heterocycles. The number of benzene rings is 2. The van der Waals surface area contributed by atoms with E-state index in [-0.39, 0.29) is 17.8 Å². The number of methoxy groups -OCH3 is 1. The summed E-state index contributed by atoms with van der Waals surface area (Å²) in [5, 5.41) is 16.8. The van der Waals surface area contributed by atoms with Crippen molar-refractivity contribution in [3.05, 3.63) is 63.2 Å². The number of amides is 2. The average molecular weight is 472 g/mol. The quantitative estimate of drug-likeness (QED) is 0.220. The molecule has 34 heavy (non-hydrogen) atoms. The minimum Gasteiger partial charge on any atom is -0.452 e. The monoisotopic (exact) mass is 472 g/mol. The summed E-state index contributed by atoms with van der Waals surface area (Å²) in [5.41, 5.74) is 2.39. The first-order valence-electron chi connectivity index (χ1n) is 10.4. The molecule has 2 amide bonds. The number of carbonyl (C=O) groups is 3. The van der Waals surface area contributed by atoms with Gasteiger partial charge in [0.15, 0.2) is 6.61 Å². The number of nitrogens with zero attached hydrogens (tertiary/aromatic N) is 2. The van der Waals surface area contributed by atoms with Crippen LogP contribution in [0.25, 0.3) is 0 Å². The predicted octanol–water partition coefficient (Wildman–Crippen LogP) is 2.52. The van der Waals surface area contributed by atoms with Crippen molar-refractivity contribution in [2.45, 2.75) is 13.8 Å². The van der Waals surface area contributed by atoms with E-state index in [1.807, 2.05) is 32.0 Å². The molecule has 0 saturated heterocycles. The van der Waals surface area contributed by atoms with Crippen molar-refractivity contribution >= 4 is 34.8 Å². The van der Waals surface area contributed by atoms with Crippen molar-refractivity contribution < 1.29 is 28.8 Å². The Bertz CT molecular complexity index is 1050. The average Bonchev–Trinajstić information content (AvgIpc) is 2.79. The Balaban J connectivity index is 1.99. The van der Waals surface area contributed by atoms with Gasteiger partial charge in [0.25, 0.3) is 11.6 Å². The number of hydrogen-bond acceptors (Lipinski definition) is 8. The summed E-state index contributed by atoms with van der Waals surface area (Å²) in [6.07, 6.45) is 0. The number of para-hydroxylation sites is 1. The largest absolute Gasteiger partial charge is 0.452 e. The Morgan fingerprint density at radius 2 is 1.79 bits per heavy atom. The zero-order valence-corrected chi connectivity index (χ0v) is 19.5. The molecule has 0 aliphatic rings. The third-order valence-electron chi connectivity index (χ3n) is 4.93. The summed E-state index contributed by atoms with van der Waals surface area (Å²) in [7, 11) is 2.92. The second kappa shape index (κ2) is 12.3. The topological polar surface area (TPSA) is 140 Å². The number of esters is 1. The number of hydrogen-bond donors (Lipinski definition) is 2. The molecule has 2 rings (SSSR count). The maximum absolute atomic E-state index is 12.6. The van der Waals surface area contributed by atoms with Crippen molar-refractivity contribution in [2.75, 3.05) is 51.1 Å². The summed E-state index contributed by atoms with van der Waals surface area (Å²) in [6.45, 7) is 3.55. The van der Waals surface area contributed by atoms with Crippen molar-refractivity contribution in [2.24, 2.45) is 0 Å². The highest BCUT2D eigenvalue weighted by atomic mass is 16.6. The normalized spacial score (nSPS) is 10.4. The van der Waals surface area contributed by atoms with Crippen LogP contribution in [0.5, 0.6) is 0 Å². The number of rotatable bonds is 11. The Hall–Kier alpha value is -3.99. The van der Waals surface area contributed by atoms with Gasteiger partial charge in [-0.3, -0.25) is 19.7 Å². The van der Waals surface area contributed by atoms with Crippen LogP contribution in [0, 0.1) is 24.0 Å². The number of nitro groups is 1. The molecular formula is C23H28N4O7. The number of ether oxygens (including phenoxy) is 2. The van der Waals surface area contributed by atoms with E-state index < -0.39 is 29.3 Å². The third kappa shape index (κ3) is 7.27. The molecule has 0 aliphatic carbocycles. The van der Waals surface area contributed by atoms with Crippen molar-refractivity contribution in [1.82, 2.24) is 4.90 Å². The SMILES string of the molecule is COCCNc1ccc([N+](=O)[O-])cc1C(=O)OCC(=O)N(C)CC(=O)Nc1c(C)cccc1C. The lowest BCUT2D eigenvalue weighted by molar-refractivity contribution is -0.384. The molecular weight excluding hydrogens is 444 g/mol. The molecule has 11 nitrogen and oxygen atoms in total. The highest BCUT2D eigenvalue weighted by Crippen LogP contribution is 2.23. The fourth-order valence-electron chi connectivity index (χ4n) is 3.07. The van der Waals surface area contributed by atoms with Gasteiger partial charge in [-0.1, -0.05) is 18.2 Å². The Morgan fingerprint density at radius 1 is 1.12 bits per heavy atom. The summed E-state index contributed by atoms with van der Waals surface area (Å²) in [6, 6.07) is 9.32. The first-order valence-corrected chi connectivity index (χ1v) is 10.4. The van der Waals surface area contributed by atoms with Crippen LogP contribution in [0.2, 0.25) is 0 Å². The van der Waals surface area contributed by atoms with Crippen molar-refractivity contribution in [1.29, 1.82) is 0 Å². The molecule has 0 fully saturated rings. The lowest BCUT2D eigenvalue weighted by Gasteiger charge is -2.18. The second-order valence-electron chi connectivity index (χ2n) is 7.55. The Morgan fingerprint density at radius 3 is 2.41 bits per heavy atom. The van der Waals surface area contributed by atoms with E-state index in [1.165, 1.54) is 26.3 Å². The molecule has 2 aromatic carbocycles. The zero-order valence-electron chi connectivity index (χ0n) is 19.5. The molecule has 0 atom stereocenters. The van der Waals surface area contributed by atoms with Gasteiger partial charge in [0.2, 0.25) is 5.91 Å². The van der Waals surface area contributed by atoms with Gasteiger partial charge in [0, 0.05) is 44.2 Å². The maximum Gasteiger partial charge on any atom is 0.341 e. The van der Waals surface area contributed by atoms with Gasteiger partial charge in [0.1, 0.15) is 0 Å². The standard InChI is InChI=1S/C23H28N4O7/c1-15-6-5-7-16(2)22(15)25-20(28)13-26(3)21(29)14-34-23(30)18-12-17(27(31)32)8-9-19(18)24-10-11-33-4/h5-9,12,24H,10-11,13-14H2,1-4H3,(H,25,28). The number of carbonyl (C=O) groups excluding carboxylic acids is 3. The highest BCUT2D eigenvalue weighted by molar-refractivity contribution is 5.98. The lowest BCUT2D eigenvalue weighted by Crippen LogP contribution is -2.37. The Kier molecular flexibility index (Phi) is 9.50. The van der Waals surface area contributed by atoms with Crippen LogP contribution in [0.1, 0.15) is 21.5 Å². The molecule has 2 aromatic rings. The molecule has 0 spiro atoms. The summed E-state index contributed by atoms with van der Waals surface area (Å²) in [4.78, 5) is 48.9. The fourth-order valence-corrected chi connectivity index (χ4v) is 3.07. The van der Waals surface area contributed by atoms with Crippen LogP contribution >= 0.6 is 0 Å². The molecule has 0 unspecified atom stereocenters. The van der Waals surface area contributed by atoms with Gasteiger partial charge in [0.05, 0.1) is 23.6 Å². The van der Waals surface area contributed by atoms with Crippen LogP contribution < -0.4 is 10.6 Å². The maximum atomic E-state index is 12.6. The van der Waals surface area contributed by atoms with Crippen LogP contribution in [0.3, 0.4) is 0 Å². The van der Waals surface area contributed by atoms with Gasteiger partial charge < -0.3 is 25.0 Å². The number of aryl methyl sites for hydroxylation is 2. The second-order valence-corrected chi connectivity index (χ2v) is 7.55. The van der Waals surface area contributed by atoms with E-state index in [0.29, 0.717) is 24.5 Å². The molecule has 11 heteroatoms. The number of likely N-dealkylation sites (N-methyl/N-ethyl adjacent to an activating group) is 1. The number of non-ortho nitro benzene ring substituents is 1. The zero-order chi connectivity index (χ0) is 25.3. The molecule has 182 valence electrons. The molecule has 0 radical (unpaired) electrons. The van der Waals surface area contributed by atoms with E-state index in [0.717, 1.165) is 22.1 Å². The van der Waals surface area contributed by atoms with Gasteiger partial charge in [-0.25, -0.2) is 4.79 Å². The van der Waals surface area contributed by atoms with E-state index in [2.05, 4.69) is 10.6 Å². The van der Waals surface area contributed by atoms with Crippen LogP contribution in [-0.4, -0.2) is 68.1 Å². The van der Waals surface area contributed by atoms with Crippen LogP contribution in [0.4, 0.5) is 17.1 Å². The van der Waals surface area contributed by atoms with Gasteiger partial charge in [-0.05, 0) is 31.0 Å². The third-order valence-corrected chi connectivity index (χ3v) is 4.93. The fraction of sp³-hybridized carbons (Fsp3) is 0.348. The minimum atomic E-state index is -0.912. The first kappa shape index (κ1) is 26.3. The number of nitrogens with one attached hydrogen (secondary N) is 2. The highest BCUT2D eigenvalue weighted by Gasteiger charge is 2.21. The van der Waals surface area contributed by atoms with Crippen molar-refractivity contribution in [3.63, 3.8) is 0 Å². The molecule has 2 N–H and O–H groups in total. The smallest absolute Gasteiger partial charge is 0.341 e. The van der Waals surface area contributed by atoms with E-state index in [1.54, 1.807) is 0 Å². The van der Waals surface area contributed by atoms with E-state index in [9.17, 15) is 24.5 Å². The summed E-state index contributed by atoms with van der Waals surface area (Å²) < 4.78 is 10.0. The van der Waals surface area contributed by atoms with Crippen molar-refractivity contribution in [3.8, 4) is 0 Å². The Labute approximate surface area is 197 Å². The summed E-state index contributed by atoms with van der Waals surface area (Å²) >= 11 is 0. The van der Waals surface area contributed by atoms with Gasteiger partial charge in [-0.2, -0.15) is 0 Å². The molecule has 0 heterocycles. The van der Waals surface area contributed by atoms with Crippen LogP contribution in [0.15, 0.2) is 36.4 Å². The first-order chi connectivity index (χ1) is 16.1. The minimum absolute atomic E-state index is 0.0893. The predicted molar refractivity (Wildman–Crippen MR) is 126 cm³/mol. The van der Waals surface area contributed by atoms with Gasteiger partial charge in [-0.15, -0.1) is 0 Å². The lowest BCUT2D eigenvalue weighted by atomic mass is 10.1. The van der Waals surface area contributed by atoms with Crippen LogP contribution in [-0.2, 0) is 19.1 Å². The van der Waals surface area contributed by atoms with E-state index in [4.69, 9.17) is 9.47 Å². The molecule has 0 bridgehead atoms. The van der Waals surface area contributed by atoms with E-state index >= 15 is 0 Å². The molecule has 0 saturated carbocycles. The molecule has 0 aromatic heterocycles. The number of anilines is 2. The number of nitro benzene ring substituents is 1. The summed E-state index contributed by atoms with van der Waals surface area (Å²) in [5.74, 6) is -1.92. The van der Waals surface area contributed by atoms with Gasteiger partial charge >= 0.3 is 5.97 Å².